The highest BCUT2D eigenvalue weighted by molar-refractivity contribution is 6.30. The SMILES string of the molecule is Cc1ccc(Cl)cc1N1CC[C@H](CNC(=O)[C@@H]2CC[C@@H](N)C2)C1. The summed E-state index contributed by atoms with van der Waals surface area (Å²) < 4.78 is 0. The van der Waals surface area contributed by atoms with E-state index in [-0.39, 0.29) is 17.9 Å². The van der Waals surface area contributed by atoms with Crippen LogP contribution in [-0.4, -0.2) is 31.6 Å². The Bertz CT molecular complexity index is 577. The number of hydrogen-bond donors (Lipinski definition) is 2. The smallest absolute Gasteiger partial charge is 0.223 e. The lowest BCUT2D eigenvalue weighted by molar-refractivity contribution is -0.125. The van der Waals surface area contributed by atoms with Crippen LogP contribution < -0.4 is 16.0 Å². The van der Waals surface area contributed by atoms with E-state index in [1.54, 1.807) is 0 Å². The van der Waals surface area contributed by atoms with Gasteiger partial charge >= 0.3 is 0 Å². The number of halogens is 1. The Balaban J connectivity index is 1.50. The molecule has 1 aromatic carbocycles. The summed E-state index contributed by atoms with van der Waals surface area (Å²) >= 11 is 6.12. The molecule has 1 heterocycles. The molecular formula is C18H26ClN3O. The molecule has 3 atom stereocenters. The Morgan fingerprint density at radius 1 is 1.39 bits per heavy atom. The van der Waals surface area contributed by atoms with Gasteiger partial charge in [-0.2, -0.15) is 0 Å². The second-order valence-electron chi connectivity index (χ2n) is 7.05. The van der Waals surface area contributed by atoms with E-state index < -0.39 is 0 Å². The van der Waals surface area contributed by atoms with Crippen LogP contribution in [-0.2, 0) is 4.79 Å². The zero-order chi connectivity index (χ0) is 16.4. The number of nitrogens with one attached hydrogen (secondary N) is 1. The zero-order valence-corrected chi connectivity index (χ0v) is 14.5. The monoisotopic (exact) mass is 335 g/mol. The standard InChI is InChI=1S/C18H26ClN3O/c1-12-2-4-15(19)9-17(12)22-7-6-13(11-22)10-21-18(23)14-3-5-16(20)8-14/h2,4,9,13-14,16H,3,5-8,10-11,20H2,1H3,(H,21,23)/t13-,14-,16-/m1/s1. The first-order valence-corrected chi connectivity index (χ1v) is 8.95. The number of aryl methyl sites for hydroxylation is 1. The highest BCUT2D eigenvalue weighted by atomic mass is 35.5. The number of nitrogens with zero attached hydrogens (tertiary/aromatic N) is 1. The molecule has 0 bridgehead atoms. The molecule has 23 heavy (non-hydrogen) atoms. The van der Waals surface area contributed by atoms with Crippen molar-refractivity contribution in [1.82, 2.24) is 5.32 Å². The first-order valence-electron chi connectivity index (χ1n) is 8.57. The third kappa shape index (κ3) is 3.99. The molecule has 5 heteroatoms. The summed E-state index contributed by atoms with van der Waals surface area (Å²) in [5.74, 6) is 0.820. The van der Waals surface area contributed by atoms with Gasteiger partial charge in [-0.25, -0.2) is 0 Å². The maximum absolute atomic E-state index is 12.2. The van der Waals surface area contributed by atoms with E-state index in [2.05, 4.69) is 23.2 Å². The highest BCUT2D eigenvalue weighted by Crippen LogP contribution is 2.29. The summed E-state index contributed by atoms with van der Waals surface area (Å²) in [4.78, 5) is 14.6. The lowest BCUT2D eigenvalue weighted by Gasteiger charge is -2.21. The zero-order valence-electron chi connectivity index (χ0n) is 13.7. The predicted octanol–water partition coefficient (Wildman–Crippen LogP) is 2.72. The van der Waals surface area contributed by atoms with Gasteiger partial charge in [-0.15, -0.1) is 0 Å². The molecule has 0 unspecified atom stereocenters. The normalized spacial score (nSPS) is 27.4. The maximum Gasteiger partial charge on any atom is 0.223 e. The van der Waals surface area contributed by atoms with E-state index >= 15 is 0 Å². The molecular weight excluding hydrogens is 310 g/mol. The average molecular weight is 336 g/mol. The third-order valence-corrected chi connectivity index (χ3v) is 5.44. The van der Waals surface area contributed by atoms with Crippen molar-refractivity contribution in [2.45, 2.75) is 38.6 Å². The van der Waals surface area contributed by atoms with Crippen LogP contribution in [0, 0.1) is 18.8 Å². The summed E-state index contributed by atoms with van der Waals surface area (Å²) in [7, 11) is 0. The van der Waals surface area contributed by atoms with Crippen LogP contribution in [0.4, 0.5) is 5.69 Å². The second kappa shape index (κ2) is 7.10. The maximum atomic E-state index is 12.2. The van der Waals surface area contributed by atoms with Gasteiger partial charge in [0.15, 0.2) is 0 Å². The number of hydrogen-bond acceptors (Lipinski definition) is 3. The molecule has 1 saturated carbocycles. The Labute approximate surface area is 143 Å². The number of carbonyl (C=O) groups is 1. The molecule has 3 N–H and O–H groups in total. The van der Waals surface area contributed by atoms with Crippen LogP contribution in [0.1, 0.15) is 31.2 Å². The summed E-state index contributed by atoms with van der Waals surface area (Å²) in [5, 5.41) is 3.92. The van der Waals surface area contributed by atoms with Gasteiger partial charge in [0.2, 0.25) is 5.91 Å². The molecule has 1 saturated heterocycles. The van der Waals surface area contributed by atoms with E-state index in [9.17, 15) is 4.79 Å². The second-order valence-corrected chi connectivity index (χ2v) is 7.48. The van der Waals surface area contributed by atoms with E-state index in [0.29, 0.717) is 5.92 Å². The van der Waals surface area contributed by atoms with Crippen LogP contribution in [0.15, 0.2) is 18.2 Å². The number of anilines is 1. The lowest BCUT2D eigenvalue weighted by atomic mass is 10.1. The fraction of sp³-hybridized carbons (Fsp3) is 0.611. The summed E-state index contributed by atoms with van der Waals surface area (Å²) in [6.45, 7) is 4.88. The Kier molecular flexibility index (Phi) is 5.12. The van der Waals surface area contributed by atoms with Crippen LogP contribution >= 0.6 is 11.6 Å². The quantitative estimate of drug-likeness (QED) is 0.889. The average Bonchev–Trinajstić information content (AvgIpc) is 3.16. The van der Waals surface area contributed by atoms with Crippen molar-refractivity contribution in [3.05, 3.63) is 28.8 Å². The minimum absolute atomic E-state index is 0.123. The fourth-order valence-corrected chi connectivity index (χ4v) is 3.95. The van der Waals surface area contributed by atoms with Gasteiger partial charge < -0.3 is 16.0 Å². The van der Waals surface area contributed by atoms with Gasteiger partial charge in [-0.05, 0) is 56.2 Å². The first kappa shape index (κ1) is 16.6. The summed E-state index contributed by atoms with van der Waals surface area (Å²) in [5.41, 5.74) is 8.36. The van der Waals surface area contributed by atoms with E-state index in [4.69, 9.17) is 17.3 Å². The van der Waals surface area contributed by atoms with E-state index in [0.717, 1.165) is 50.3 Å². The van der Waals surface area contributed by atoms with Crippen LogP contribution in [0.5, 0.6) is 0 Å². The van der Waals surface area contributed by atoms with Crippen molar-refractivity contribution < 1.29 is 4.79 Å². The van der Waals surface area contributed by atoms with Gasteiger partial charge in [-0.3, -0.25) is 4.79 Å². The minimum Gasteiger partial charge on any atom is -0.371 e. The third-order valence-electron chi connectivity index (χ3n) is 5.21. The molecule has 2 aliphatic rings. The molecule has 4 nitrogen and oxygen atoms in total. The van der Waals surface area contributed by atoms with Crippen molar-refractivity contribution in [2.24, 2.45) is 17.6 Å². The van der Waals surface area contributed by atoms with Gasteiger partial charge in [0, 0.05) is 42.3 Å². The lowest BCUT2D eigenvalue weighted by Crippen LogP contribution is -2.35. The Hall–Kier alpha value is -1.26. The van der Waals surface area contributed by atoms with Gasteiger partial charge in [-0.1, -0.05) is 17.7 Å². The molecule has 3 rings (SSSR count). The molecule has 2 fully saturated rings. The summed E-state index contributed by atoms with van der Waals surface area (Å²) in [6, 6.07) is 6.24. The van der Waals surface area contributed by atoms with E-state index in [1.807, 2.05) is 12.1 Å². The molecule has 126 valence electrons. The molecule has 1 amide bonds. The van der Waals surface area contributed by atoms with Crippen molar-refractivity contribution >= 4 is 23.2 Å². The molecule has 0 spiro atoms. The number of rotatable bonds is 4. The van der Waals surface area contributed by atoms with Crippen molar-refractivity contribution in [3.63, 3.8) is 0 Å². The minimum atomic E-state index is 0.123. The molecule has 0 aromatic heterocycles. The predicted molar refractivity (Wildman–Crippen MR) is 94.8 cm³/mol. The number of carbonyl (C=O) groups excluding carboxylic acids is 1. The van der Waals surface area contributed by atoms with Gasteiger partial charge in [0.05, 0.1) is 0 Å². The first-order chi connectivity index (χ1) is 11.0. The fourth-order valence-electron chi connectivity index (χ4n) is 3.79. The molecule has 1 aliphatic carbocycles. The Morgan fingerprint density at radius 3 is 2.96 bits per heavy atom. The van der Waals surface area contributed by atoms with Crippen molar-refractivity contribution in [3.8, 4) is 0 Å². The van der Waals surface area contributed by atoms with E-state index in [1.165, 1.54) is 11.3 Å². The van der Waals surface area contributed by atoms with Gasteiger partial charge in [0.1, 0.15) is 0 Å². The summed E-state index contributed by atoms with van der Waals surface area (Å²) in [6.07, 6.45) is 3.86. The number of benzene rings is 1. The van der Waals surface area contributed by atoms with Gasteiger partial charge in [0.25, 0.3) is 0 Å². The number of amides is 1. The molecule has 0 radical (unpaired) electrons. The van der Waals surface area contributed by atoms with Crippen molar-refractivity contribution in [2.75, 3.05) is 24.5 Å². The molecule has 1 aliphatic heterocycles. The van der Waals surface area contributed by atoms with Crippen molar-refractivity contribution in [1.29, 1.82) is 0 Å². The Morgan fingerprint density at radius 2 is 2.22 bits per heavy atom. The van der Waals surface area contributed by atoms with Crippen LogP contribution in [0.2, 0.25) is 5.02 Å². The highest BCUT2D eigenvalue weighted by Gasteiger charge is 2.29. The largest absolute Gasteiger partial charge is 0.371 e. The molecule has 1 aromatic rings. The van der Waals surface area contributed by atoms with Crippen LogP contribution in [0.3, 0.4) is 0 Å². The van der Waals surface area contributed by atoms with Crippen LogP contribution in [0.25, 0.3) is 0 Å². The number of nitrogens with two attached hydrogens (primary N) is 1. The topological polar surface area (TPSA) is 58.4 Å².